The van der Waals surface area contributed by atoms with E-state index in [2.05, 4.69) is 10.1 Å². The molecule has 84 valence electrons. The van der Waals surface area contributed by atoms with E-state index in [9.17, 15) is 4.39 Å². The topological polar surface area (TPSA) is 30.2 Å². The molecule has 0 N–H and O–H groups in total. The smallest absolute Gasteiger partial charge is 0.220 e. The van der Waals surface area contributed by atoms with Crippen LogP contribution >= 0.6 is 0 Å². The van der Waals surface area contributed by atoms with Crippen LogP contribution in [0.25, 0.3) is 16.6 Å². The number of hydrogen-bond donors (Lipinski definition) is 0. The molecule has 0 fully saturated rings. The van der Waals surface area contributed by atoms with E-state index in [1.165, 1.54) is 6.20 Å². The number of halogens is 1. The Labute approximate surface area is 97.5 Å². The third-order valence-electron chi connectivity index (χ3n) is 2.78. The summed E-state index contributed by atoms with van der Waals surface area (Å²) >= 11 is 0. The molecule has 0 saturated heterocycles. The average Bonchev–Trinajstić information content (AvgIpc) is 2.71. The Balaban J connectivity index is 2.22. The summed E-state index contributed by atoms with van der Waals surface area (Å²) in [5.41, 5.74) is 3.38. The second-order valence-corrected chi connectivity index (χ2v) is 3.92. The van der Waals surface area contributed by atoms with Crippen molar-refractivity contribution >= 4 is 5.52 Å². The van der Waals surface area contributed by atoms with E-state index in [0.29, 0.717) is 5.56 Å². The summed E-state index contributed by atoms with van der Waals surface area (Å²) in [6, 6.07) is 7.24. The van der Waals surface area contributed by atoms with E-state index in [4.69, 9.17) is 0 Å². The lowest BCUT2D eigenvalue weighted by Crippen LogP contribution is -1.92. The summed E-state index contributed by atoms with van der Waals surface area (Å²) in [5, 5.41) is 4.21. The van der Waals surface area contributed by atoms with Gasteiger partial charge in [0.2, 0.25) is 5.95 Å². The molecule has 0 atom stereocenters. The van der Waals surface area contributed by atoms with Crippen LogP contribution in [0.3, 0.4) is 0 Å². The quantitative estimate of drug-likeness (QED) is 0.598. The molecule has 3 aromatic rings. The number of pyridine rings is 2. The first-order valence-corrected chi connectivity index (χ1v) is 5.30. The maximum atomic E-state index is 13.5. The lowest BCUT2D eigenvalue weighted by atomic mass is 10.1. The summed E-state index contributed by atoms with van der Waals surface area (Å²) < 4.78 is 15.3. The summed E-state index contributed by atoms with van der Waals surface area (Å²) in [6.07, 6.45) is 5.04. The van der Waals surface area contributed by atoms with Crippen molar-refractivity contribution in [3.8, 4) is 11.1 Å². The number of aromatic nitrogens is 3. The van der Waals surface area contributed by atoms with Crippen molar-refractivity contribution in [1.82, 2.24) is 14.6 Å². The van der Waals surface area contributed by atoms with Gasteiger partial charge in [-0.05, 0) is 30.7 Å². The molecule has 17 heavy (non-hydrogen) atoms. The molecule has 0 aliphatic rings. The van der Waals surface area contributed by atoms with Crippen molar-refractivity contribution < 1.29 is 4.39 Å². The standard InChI is InChI=1S/C13H10FN3/c1-9-7-16-17-8-10(4-5-12(9)17)11-3-2-6-15-13(11)14/h2-8H,1H3. The summed E-state index contributed by atoms with van der Waals surface area (Å²) in [6.45, 7) is 1.99. The van der Waals surface area contributed by atoms with Crippen LogP contribution in [0.5, 0.6) is 0 Å². The van der Waals surface area contributed by atoms with Gasteiger partial charge in [-0.2, -0.15) is 9.49 Å². The molecule has 0 radical (unpaired) electrons. The van der Waals surface area contributed by atoms with E-state index < -0.39 is 5.95 Å². The highest BCUT2D eigenvalue weighted by Crippen LogP contribution is 2.22. The normalized spacial score (nSPS) is 10.9. The van der Waals surface area contributed by atoms with Gasteiger partial charge >= 0.3 is 0 Å². The molecule has 0 bridgehead atoms. The number of fused-ring (bicyclic) bond motifs is 1. The van der Waals surface area contributed by atoms with Gasteiger partial charge in [0, 0.05) is 23.5 Å². The van der Waals surface area contributed by atoms with Gasteiger partial charge in [0.15, 0.2) is 0 Å². The van der Waals surface area contributed by atoms with Crippen molar-refractivity contribution in [2.75, 3.05) is 0 Å². The zero-order valence-corrected chi connectivity index (χ0v) is 9.26. The summed E-state index contributed by atoms with van der Waals surface area (Å²) in [4.78, 5) is 3.64. The SMILES string of the molecule is Cc1cnn2cc(-c3cccnc3F)ccc12. The van der Waals surface area contributed by atoms with Crippen LogP contribution < -0.4 is 0 Å². The molecule has 3 heterocycles. The Kier molecular flexibility index (Phi) is 2.14. The molecule has 3 nitrogen and oxygen atoms in total. The van der Waals surface area contributed by atoms with Crippen LogP contribution in [0.2, 0.25) is 0 Å². The maximum absolute atomic E-state index is 13.5. The van der Waals surface area contributed by atoms with E-state index >= 15 is 0 Å². The second-order valence-electron chi connectivity index (χ2n) is 3.92. The van der Waals surface area contributed by atoms with E-state index in [-0.39, 0.29) is 0 Å². The first-order valence-electron chi connectivity index (χ1n) is 5.30. The molecule has 0 aliphatic carbocycles. The number of nitrogens with zero attached hydrogens (tertiary/aromatic N) is 3. The highest BCUT2D eigenvalue weighted by Gasteiger charge is 2.07. The molecule has 0 aromatic carbocycles. The van der Waals surface area contributed by atoms with Gasteiger partial charge in [0.05, 0.1) is 11.7 Å². The first-order chi connectivity index (χ1) is 8.25. The summed E-state index contributed by atoms with van der Waals surface area (Å²) in [5.74, 6) is -0.462. The Bertz CT molecular complexity index is 688. The molecule has 3 aromatic heterocycles. The predicted molar refractivity (Wildman–Crippen MR) is 63.1 cm³/mol. The molecule has 0 saturated carbocycles. The predicted octanol–water partition coefficient (Wildman–Crippen LogP) is 2.84. The fourth-order valence-electron chi connectivity index (χ4n) is 1.87. The third kappa shape index (κ3) is 1.58. The van der Waals surface area contributed by atoms with Crippen molar-refractivity contribution in [3.63, 3.8) is 0 Å². The minimum Gasteiger partial charge on any atom is -0.240 e. The van der Waals surface area contributed by atoms with Gasteiger partial charge in [0.25, 0.3) is 0 Å². The van der Waals surface area contributed by atoms with Gasteiger partial charge in [-0.15, -0.1) is 0 Å². The summed E-state index contributed by atoms with van der Waals surface area (Å²) in [7, 11) is 0. The molecule has 3 rings (SSSR count). The van der Waals surface area contributed by atoms with Crippen molar-refractivity contribution in [2.45, 2.75) is 6.92 Å². The molecular weight excluding hydrogens is 217 g/mol. The van der Waals surface area contributed by atoms with Gasteiger partial charge < -0.3 is 0 Å². The van der Waals surface area contributed by atoms with Crippen molar-refractivity contribution in [1.29, 1.82) is 0 Å². The number of rotatable bonds is 1. The Morgan fingerprint density at radius 3 is 2.94 bits per heavy atom. The average molecular weight is 227 g/mol. The van der Waals surface area contributed by atoms with Crippen LogP contribution in [-0.2, 0) is 0 Å². The highest BCUT2D eigenvalue weighted by atomic mass is 19.1. The van der Waals surface area contributed by atoms with Gasteiger partial charge in [-0.3, -0.25) is 0 Å². The molecular formula is C13H10FN3. The first kappa shape index (κ1) is 9.96. The van der Waals surface area contributed by atoms with Gasteiger partial charge in [0.1, 0.15) is 0 Å². The minimum absolute atomic E-state index is 0.462. The van der Waals surface area contributed by atoms with E-state index in [1.54, 1.807) is 22.8 Å². The molecule has 0 aliphatic heterocycles. The Morgan fingerprint density at radius 2 is 2.12 bits per heavy atom. The fourth-order valence-corrected chi connectivity index (χ4v) is 1.87. The second kappa shape index (κ2) is 3.66. The maximum Gasteiger partial charge on any atom is 0.220 e. The lowest BCUT2D eigenvalue weighted by molar-refractivity contribution is 0.587. The zero-order chi connectivity index (χ0) is 11.8. The monoisotopic (exact) mass is 227 g/mol. The molecule has 0 unspecified atom stereocenters. The largest absolute Gasteiger partial charge is 0.240 e. The molecule has 0 spiro atoms. The van der Waals surface area contributed by atoms with Crippen LogP contribution in [-0.4, -0.2) is 14.6 Å². The number of hydrogen-bond acceptors (Lipinski definition) is 2. The highest BCUT2D eigenvalue weighted by molar-refractivity contribution is 5.66. The third-order valence-corrected chi connectivity index (χ3v) is 2.78. The molecule has 4 heteroatoms. The minimum atomic E-state index is -0.462. The number of aryl methyl sites for hydroxylation is 1. The zero-order valence-electron chi connectivity index (χ0n) is 9.26. The lowest BCUT2D eigenvalue weighted by Gasteiger charge is -2.03. The van der Waals surface area contributed by atoms with Gasteiger partial charge in [-0.25, -0.2) is 9.50 Å². The van der Waals surface area contributed by atoms with E-state index in [0.717, 1.165) is 16.6 Å². The van der Waals surface area contributed by atoms with Gasteiger partial charge in [-0.1, -0.05) is 6.07 Å². The van der Waals surface area contributed by atoms with Crippen LogP contribution in [0.1, 0.15) is 5.56 Å². The van der Waals surface area contributed by atoms with Crippen molar-refractivity contribution in [3.05, 3.63) is 54.4 Å². The van der Waals surface area contributed by atoms with Crippen LogP contribution in [0.15, 0.2) is 42.9 Å². The van der Waals surface area contributed by atoms with Crippen LogP contribution in [0, 0.1) is 12.9 Å². The Hall–Kier alpha value is -2.23. The Morgan fingerprint density at radius 1 is 1.24 bits per heavy atom. The molecule has 0 amide bonds. The van der Waals surface area contributed by atoms with Crippen LogP contribution in [0.4, 0.5) is 4.39 Å². The van der Waals surface area contributed by atoms with E-state index in [1.807, 2.05) is 25.3 Å². The fraction of sp³-hybridized carbons (Fsp3) is 0.0769. The van der Waals surface area contributed by atoms with Crippen molar-refractivity contribution in [2.24, 2.45) is 0 Å².